The van der Waals surface area contributed by atoms with Gasteiger partial charge in [-0.15, -0.1) is 6.58 Å². The minimum Gasteiger partial charge on any atom is -0.494 e. The van der Waals surface area contributed by atoms with Gasteiger partial charge < -0.3 is 4.74 Å². The van der Waals surface area contributed by atoms with Gasteiger partial charge in [0.15, 0.2) is 0 Å². The highest BCUT2D eigenvalue weighted by atomic mass is 79.9. The summed E-state index contributed by atoms with van der Waals surface area (Å²) < 4.78 is 6.78. The van der Waals surface area contributed by atoms with Crippen LogP contribution >= 0.6 is 15.9 Å². The van der Waals surface area contributed by atoms with Gasteiger partial charge in [-0.05, 0) is 43.5 Å². The lowest BCUT2D eigenvalue weighted by molar-refractivity contribution is 0.304. The Hall–Kier alpha value is -0.760. The third-order valence-electron chi connectivity index (χ3n) is 3.13. The second-order valence-corrected chi connectivity index (χ2v) is 5.77. The summed E-state index contributed by atoms with van der Waals surface area (Å²) in [4.78, 5) is 0. The van der Waals surface area contributed by atoms with E-state index in [1.807, 2.05) is 30.3 Å². The van der Waals surface area contributed by atoms with E-state index in [1.54, 1.807) is 0 Å². The number of halogens is 1. The van der Waals surface area contributed by atoms with Crippen molar-refractivity contribution in [3.63, 3.8) is 0 Å². The fourth-order valence-electron chi connectivity index (χ4n) is 2.00. The Bertz CT molecular complexity index is 332. The van der Waals surface area contributed by atoms with Gasteiger partial charge in [-0.3, -0.25) is 0 Å². The summed E-state index contributed by atoms with van der Waals surface area (Å²) in [5, 5.41) is 0. The van der Waals surface area contributed by atoms with E-state index >= 15 is 0 Å². The molecule has 19 heavy (non-hydrogen) atoms. The Labute approximate surface area is 126 Å². The Morgan fingerprint density at radius 3 is 2.11 bits per heavy atom. The SMILES string of the molecule is C=CCCCCCCCCCOc1ccc(Br)cc1. The van der Waals surface area contributed by atoms with E-state index in [1.165, 1.54) is 44.9 Å². The van der Waals surface area contributed by atoms with Crippen molar-refractivity contribution in [2.75, 3.05) is 6.61 Å². The third-order valence-corrected chi connectivity index (χ3v) is 3.66. The fourth-order valence-corrected chi connectivity index (χ4v) is 2.26. The second kappa shape index (κ2) is 11.1. The minimum atomic E-state index is 0.831. The summed E-state index contributed by atoms with van der Waals surface area (Å²) >= 11 is 3.42. The molecule has 1 aromatic carbocycles. The standard InChI is InChI=1S/C17H25BrO/c1-2-3-4-5-6-7-8-9-10-15-19-17-13-11-16(18)12-14-17/h2,11-14H,1,3-10,15H2. The largest absolute Gasteiger partial charge is 0.494 e. The van der Waals surface area contributed by atoms with E-state index < -0.39 is 0 Å². The number of ether oxygens (including phenoxy) is 1. The van der Waals surface area contributed by atoms with Crippen molar-refractivity contribution in [2.24, 2.45) is 0 Å². The molecule has 0 atom stereocenters. The normalized spacial score (nSPS) is 10.4. The fraction of sp³-hybridized carbons (Fsp3) is 0.529. The van der Waals surface area contributed by atoms with Gasteiger partial charge in [-0.1, -0.05) is 54.1 Å². The molecule has 106 valence electrons. The maximum Gasteiger partial charge on any atom is 0.119 e. The van der Waals surface area contributed by atoms with E-state index in [2.05, 4.69) is 22.5 Å². The molecule has 0 aliphatic heterocycles. The lowest BCUT2D eigenvalue weighted by Gasteiger charge is -2.06. The van der Waals surface area contributed by atoms with Crippen LogP contribution in [0.25, 0.3) is 0 Å². The van der Waals surface area contributed by atoms with Gasteiger partial charge in [0.25, 0.3) is 0 Å². The van der Waals surface area contributed by atoms with Crippen molar-refractivity contribution in [1.82, 2.24) is 0 Å². The Kier molecular flexibility index (Phi) is 9.52. The average Bonchev–Trinajstić information content (AvgIpc) is 2.43. The molecule has 0 aliphatic carbocycles. The van der Waals surface area contributed by atoms with Gasteiger partial charge in [-0.25, -0.2) is 0 Å². The van der Waals surface area contributed by atoms with Crippen LogP contribution in [0.3, 0.4) is 0 Å². The first kappa shape index (κ1) is 16.3. The van der Waals surface area contributed by atoms with Gasteiger partial charge in [0.05, 0.1) is 6.61 Å². The zero-order chi connectivity index (χ0) is 13.8. The molecule has 0 aromatic heterocycles. The van der Waals surface area contributed by atoms with Crippen LogP contribution in [0.2, 0.25) is 0 Å². The predicted octanol–water partition coefficient (Wildman–Crippen LogP) is 6.13. The molecule has 0 radical (unpaired) electrons. The van der Waals surface area contributed by atoms with Crippen LogP contribution in [0.15, 0.2) is 41.4 Å². The van der Waals surface area contributed by atoms with Crippen molar-refractivity contribution in [2.45, 2.75) is 51.4 Å². The Morgan fingerprint density at radius 1 is 0.895 bits per heavy atom. The predicted molar refractivity (Wildman–Crippen MR) is 86.8 cm³/mol. The number of hydrogen-bond acceptors (Lipinski definition) is 1. The highest BCUT2D eigenvalue weighted by Crippen LogP contribution is 2.16. The lowest BCUT2D eigenvalue weighted by Crippen LogP contribution is -1.96. The molecular weight excluding hydrogens is 300 g/mol. The molecule has 0 heterocycles. The van der Waals surface area contributed by atoms with Gasteiger partial charge in [0.1, 0.15) is 5.75 Å². The third kappa shape index (κ3) is 8.88. The van der Waals surface area contributed by atoms with Crippen molar-refractivity contribution < 1.29 is 4.74 Å². The molecular formula is C17H25BrO. The molecule has 1 nitrogen and oxygen atoms in total. The van der Waals surface area contributed by atoms with Crippen LogP contribution in [0.5, 0.6) is 5.75 Å². The maximum absolute atomic E-state index is 5.69. The topological polar surface area (TPSA) is 9.23 Å². The number of allylic oxidation sites excluding steroid dienone is 1. The van der Waals surface area contributed by atoms with E-state index in [9.17, 15) is 0 Å². The van der Waals surface area contributed by atoms with E-state index in [-0.39, 0.29) is 0 Å². The van der Waals surface area contributed by atoms with Crippen LogP contribution in [-0.4, -0.2) is 6.61 Å². The Balaban J connectivity index is 1.88. The molecule has 2 heteroatoms. The number of benzene rings is 1. The molecule has 0 bridgehead atoms. The zero-order valence-electron chi connectivity index (χ0n) is 11.7. The van der Waals surface area contributed by atoms with Gasteiger partial charge >= 0.3 is 0 Å². The van der Waals surface area contributed by atoms with E-state index in [4.69, 9.17) is 4.74 Å². The van der Waals surface area contributed by atoms with Crippen LogP contribution in [0, 0.1) is 0 Å². The van der Waals surface area contributed by atoms with Gasteiger partial charge in [-0.2, -0.15) is 0 Å². The first-order valence-electron chi connectivity index (χ1n) is 7.32. The van der Waals surface area contributed by atoms with Gasteiger partial charge in [0.2, 0.25) is 0 Å². The van der Waals surface area contributed by atoms with Crippen LogP contribution in [0.1, 0.15) is 51.4 Å². The quantitative estimate of drug-likeness (QED) is 0.351. The number of rotatable bonds is 11. The van der Waals surface area contributed by atoms with Gasteiger partial charge in [0, 0.05) is 4.47 Å². The van der Waals surface area contributed by atoms with Crippen LogP contribution in [-0.2, 0) is 0 Å². The zero-order valence-corrected chi connectivity index (χ0v) is 13.3. The molecule has 0 spiro atoms. The summed E-state index contributed by atoms with van der Waals surface area (Å²) in [6.07, 6.45) is 12.3. The second-order valence-electron chi connectivity index (χ2n) is 4.85. The molecule has 0 unspecified atom stereocenters. The maximum atomic E-state index is 5.69. The summed E-state index contributed by atoms with van der Waals surface area (Å²) in [5.41, 5.74) is 0. The summed E-state index contributed by atoms with van der Waals surface area (Å²) in [7, 11) is 0. The molecule has 1 rings (SSSR count). The monoisotopic (exact) mass is 324 g/mol. The molecule has 1 aromatic rings. The van der Waals surface area contributed by atoms with Crippen molar-refractivity contribution in [3.8, 4) is 5.75 Å². The molecule has 0 aliphatic rings. The molecule has 0 N–H and O–H groups in total. The van der Waals surface area contributed by atoms with Crippen LogP contribution < -0.4 is 4.74 Å². The Morgan fingerprint density at radius 2 is 1.47 bits per heavy atom. The summed E-state index contributed by atoms with van der Waals surface area (Å²) in [6, 6.07) is 8.03. The van der Waals surface area contributed by atoms with Crippen molar-refractivity contribution in [1.29, 1.82) is 0 Å². The molecule has 0 saturated carbocycles. The smallest absolute Gasteiger partial charge is 0.119 e. The first-order valence-corrected chi connectivity index (χ1v) is 8.11. The van der Waals surface area contributed by atoms with E-state index in [0.717, 1.165) is 23.2 Å². The van der Waals surface area contributed by atoms with Crippen LogP contribution in [0.4, 0.5) is 0 Å². The van der Waals surface area contributed by atoms with E-state index in [0.29, 0.717) is 0 Å². The molecule has 0 saturated heterocycles. The average molecular weight is 325 g/mol. The first-order chi connectivity index (χ1) is 9.33. The summed E-state index contributed by atoms with van der Waals surface area (Å²) in [5.74, 6) is 0.965. The van der Waals surface area contributed by atoms with Crippen molar-refractivity contribution in [3.05, 3.63) is 41.4 Å². The number of unbranched alkanes of at least 4 members (excludes halogenated alkanes) is 7. The molecule has 0 amide bonds. The lowest BCUT2D eigenvalue weighted by atomic mass is 10.1. The molecule has 0 fully saturated rings. The summed E-state index contributed by atoms with van der Waals surface area (Å²) in [6.45, 7) is 4.57. The highest BCUT2D eigenvalue weighted by molar-refractivity contribution is 9.10. The minimum absolute atomic E-state index is 0.831. The van der Waals surface area contributed by atoms with Crippen molar-refractivity contribution >= 4 is 15.9 Å². The number of hydrogen-bond donors (Lipinski definition) is 0. The highest BCUT2D eigenvalue weighted by Gasteiger charge is 1.95.